The number of anilines is 1. The van der Waals surface area contributed by atoms with Crippen LogP contribution in [0.2, 0.25) is 0 Å². The van der Waals surface area contributed by atoms with Crippen LogP contribution >= 0.6 is 0 Å². The Balaban J connectivity index is 1.29. The fourth-order valence-corrected chi connectivity index (χ4v) is 4.29. The molecule has 0 bridgehead atoms. The lowest BCUT2D eigenvalue weighted by Crippen LogP contribution is -2.49. The molecule has 5 heteroatoms. The third-order valence-electron chi connectivity index (χ3n) is 5.71. The third-order valence-corrected chi connectivity index (χ3v) is 5.71. The van der Waals surface area contributed by atoms with Crippen LogP contribution in [-0.2, 0) is 4.74 Å². The summed E-state index contributed by atoms with van der Waals surface area (Å²) in [5, 5.41) is 3.02. The molecule has 2 aliphatic heterocycles. The van der Waals surface area contributed by atoms with Crippen LogP contribution in [0, 0.1) is 5.92 Å². The number of benzene rings is 1. The summed E-state index contributed by atoms with van der Waals surface area (Å²) >= 11 is 0. The molecule has 1 aromatic carbocycles. The second-order valence-corrected chi connectivity index (χ2v) is 7.53. The Kier molecular flexibility index (Phi) is 5.11. The van der Waals surface area contributed by atoms with E-state index in [1.54, 1.807) is 0 Å². The minimum absolute atomic E-state index is 0.00603. The number of piperidine rings is 1. The molecule has 2 heterocycles. The van der Waals surface area contributed by atoms with Crippen molar-refractivity contribution in [2.24, 2.45) is 5.92 Å². The van der Waals surface area contributed by atoms with Gasteiger partial charge in [0.1, 0.15) is 5.75 Å². The summed E-state index contributed by atoms with van der Waals surface area (Å²) in [5.41, 5.74) is 0.825. The van der Waals surface area contributed by atoms with Gasteiger partial charge in [-0.25, -0.2) is 4.79 Å². The zero-order chi connectivity index (χ0) is 17.1. The highest BCUT2D eigenvalue weighted by Crippen LogP contribution is 2.29. The number of carbonyl (C=O) groups is 1. The van der Waals surface area contributed by atoms with E-state index in [9.17, 15) is 4.79 Å². The fourth-order valence-electron chi connectivity index (χ4n) is 4.29. The average molecular weight is 344 g/mol. The van der Waals surface area contributed by atoms with Crippen molar-refractivity contribution in [1.29, 1.82) is 0 Å². The Morgan fingerprint density at radius 1 is 1.08 bits per heavy atom. The van der Waals surface area contributed by atoms with E-state index in [0.717, 1.165) is 56.8 Å². The van der Waals surface area contributed by atoms with Crippen molar-refractivity contribution in [3.8, 4) is 5.75 Å². The van der Waals surface area contributed by atoms with E-state index in [-0.39, 0.29) is 6.03 Å². The Labute approximate surface area is 149 Å². The molecule has 2 amide bonds. The van der Waals surface area contributed by atoms with Crippen LogP contribution in [-0.4, -0.2) is 42.8 Å². The monoisotopic (exact) mass is 344 g/mol. The number of amides is 2. The van der Waals surface area contributed by atoms with Crippen molar-refractivity contribution in [3.05, 3.63) is 24.3 Å². The molecule has 4 rings (SSSR count). The molecular formula is C20H28N2O3. The van der Waals surface area contributed by atoms with E-state index >= 15 is 0 Å². The smallest absolute Gasteiger partial charge is 0.321 e. The molecule has 1 saturated carbocycles. The van der Waals surface area contributed by atoms with Crippen LogP contribution in [0.5, 0.6) is 5.75 Å². The summed E-state index contributed by atoms with van der Waals surface area (Å²) in [6.07, 6.45) is 8.78. The number of fused-ring (bicyclic) bond motifs is 1. The number of ether oxygens (including phenoxy) is 2. The lowest BCUT2D eigenvalue weighted by molar-refractivity contribution is -0.0578. The molecule has 3 aliphatic rings. The van der Waals surface area contributed by atoms with Gasteiger partial charge in [-0.15, -0.1) is 0 Å². The highest BCUT2D eigenvalue weighted by Gasteiger charge is 2.33. The van der Waals surface area contributed by atoms with Gasteiger partial charge >= 0.3 is 6.03 Å². The van der Waals surface area contributed by atoms with E-state index in [1.807, 2.05) is 29.2 Å². The first-order valence-corrected chi connectivity index (χ1v) is 9.72. The highest BCUT2D eigenvalue weighted by molar-refractivity contribution is 5.89. The molecule has 1 N–H and O–H groups in total. The van der Waals surface area contributed by atoms with Crippen molar-refractivity contribution < 1.29 is 14.3 Å². The van der Waals surface area contributed by atoms with Crippen LogP contribution < -0.4 is 10.1 Å². The number of hydrogen-bond acceptors (Lipinski definition) is 3. The van der Waals surface area contributed by atoms with Crippen molar-refractivity contribution in [3.63, 3.8) is 0 Å². The lowest BCUT2D eigenvalue weighted by Gasteiger charge is -2.40. The zero-order valence-corrected chi connectivity index (χ0v) is 14.8. The van der Waals surface area contributed by atoms with Gasteiger partial charge in [0.15, 0.2) is 0 Å². The van der Waals surface area contributed by atoms with Gasteiger partial charge in [0, 0.05) is 31.3 Å². The number of hydrogen-bond donors (Lipinski definition) is 1. The maximum absolute atomic E-state index is 12.5. The maximum Gasteiger partial charge on any atom is 0.321 e. The Morgan fingerprint density at radius 3 is 2.68 bits per heavy atom. The molecule has 1 aliphatic carbocycles. The first-order chi connectivity index (χ1) is 12.3. The van der Waals surface area contributed by atoms with Gasteiger partial charge in [0.2, 0.25) is 0 Å². The maximum atomic E-state index is 12.5. The number of nitrogens with one attached hydrogen (secondary N) is 1. The summed E-state index contributed by atoms with van der Waals surface area (Å²) in [4.78, 5) is 14.5. The van der Waals surface area contributed by atoms with Gasteiger partial charge in [0.05, 0.1) is 12.2 Å². The number of likely N-dealkylation sites (tertiary alicyclic amines) is 1. The Hall–Kier alpha value is -1.75. The van der Waals surface area contributed by atoms with Crippen LogP contribution in [0.25, 0.3) is 0 Å². The van der Waals surface area contributed by atoms with E-state index in [1.165, 1.54) is 19.3 Å². The Bertz CT molecular complexity index is 583. The van der Waals surface area contributed by atoms with Gasteiger partial charge in [-0.2, -0.15) is 0 Å². The predicted molar refractivity (Wildman–Crippen MR) is 97.0 cm³/mol. The Morgan fingerprint density at radius 2 is 1.88 bits per heavy atom. The number of nitrogens with zero attached hydrogens (tertiary/aromatic N) is 1. The summed E-state index contributed by atoms with van der Waals surface area (Å²) < 4.78 is 11.8. The van der Waals surface area contributed by atoms with Crippen molar-refractivity contribution in [2.45, 2.75) is 57.2 Å². The number of rotatable bonds is 3. The quantitative estimate of drug-likeness (QED) is 0.900. The minimum Gasteiger partial charge on any atom is -0.490 e. The van der Waals surface area contributed by atoms with Crippen LogP contribution in [0.3, 0.4) is 0 Å². The standard InChI is InChI=1S/C20H28N2O3/c23-20(22-12-11-19-15(14-22)4-3-13-24-19)21-16-7-9-18(10-8-16)25-17-5-1-2-6-17/h7-10,15,17,19H,1-6,11-14H2,(H,21,23)/t15-,19+/m0/s1. The number of carbonyl (C=O) groups excluding carboxylic acids is 1. The predicted octanol–water partition coefficient (Wildman–Crippen LogP) is 4.04. The van der Waals surface area contributed by atoms with E-state index in [2.05, 4.69) is 5.32 Å². The van der Waals surface area contributed by atoms with Crippen molar-refractivity contribution >= 4 is 11.7 Å². The van der Waals surface area contributed by atoms with Crippen LogP contribution in [0.15, 0.2) is 24.3 Å². The average Bonchev–Trinajstić information content (AvgIpc) is 3.16. The van der Waals surface area contributed by atoms with Gasteiger partial charge in [-0.05, 0) is 69.2 Å². The topological polar surface area (TPSA) is 50.8 Å². The number of urea groups is 1. The van der Waals surface area contributed by atoms with E-state index in [4.69, 9.17) is 9.47 Å². The lowest BCUT2D eigenvalue weighted by atomic mass is 9.89. The first-order valence-electron chi connectivity index (χ1n) is 9.72. The van der Waals surface area contributed by atoms with Gasteiger partial charge in [-0.3, -0.25) is 0 Å². The molecule has 25 heavy (non-hydrogen) atoms. The summed E-state index contributed by atoms with van der Waals surface area (Å²) in [5.74, 6) is 1.39. The third kappa shape index (κ3) is 4.09. The molecular weight excluding hydrogens is 316 g/mol. The molecule has 3 fully saturated rings. The van der Waals surface area contributed by atoms with E-state index < -0.39 is 0 Å². The molecule has 2 atom stereocenters. The van der Waals surface area contributed by atoms with Gasteiger partial charge in [-0.1, -0.05) is 0 Å². The summed E-state index contributed by atoms with van der Waals surface area (Å²) in [7, 11) is 0. The molecule has 0 unspecified atom stereocenters. The molecule has 0 aromatic heterocycles. The minimum atomic E-state index is -0.00603. The molecule has 136 valence electrons. The normalized spacial score (nSPS) is 27.0. The van der Waals surface area contributed by atoms with E-state index in [0.29, 0.717) is 18.1 Å². The molecule has 2 saturated heterocycles. The highest BCUT2D eigenvalue weighted by atomic mass is 16.5. The SMILES string of the molecule is O=C(Nc1ccc(OC2CCCC2)cc1)N1CC[C@H]2OCCC[C@H]2C1. The largest absolute Gasteiger partial charge is 0.490 e. The second kappa shape index (κ2) is 7.65. The first kappa shape index (κ1) is 16.7. The zero-order valence-electron chi connectivity index (χ0n) is 14.8. The summed E-state index contributed by atoms with van der Waals surface area (Å²) in [6, 6.07) is 7.76. The van der Waals surface area contributed by atoms with Crippen LogP contribution in [0.4, 0.5) is 10.5 Å². The molecule has 0 spiro atoms. The van der Waals surface area contributed by atoms with Crippen molar-refractivity contribution in [2.75, 3.05) is 25.0 Å². The van der Waals surface area contributed by atoms with Crippen LogP contribution in [0.1, 0.15) is 44.9 Å². The molecule has 0 radical (unpaired) electrons. The molecule has 1 aromatic rings. The fraction of sp³-hybridized carbons (Fsp3) is 0.650. The second-order valence-electron chi connectivity index (χ2n) is 7.53. The summed E-state index contributed by atoms with van der Waals surface area (Å²) in [6.45, 7) is 2.46. The van der Waals surface area contributed by atoms with Crippen molar-refractivity contribution in [1.82, 2.24) is 4.90 Å². The van der Waals surface area contributed by atoms with Gasteiger partial charge < -0.3 is 19.7 Å². The van der Waals surface area contributed by atoms with Gasteiger partial charge in [0.25, 0.3) is 0 Å². The molecule has 5 nitrogen and oxygen atoms in total.